The fourth-order valence-electron chi connectivity index (χ4n) is 2.00. The molecular formula is C18H14N4O. The third-order valence-corrected chi connectivity index (χ3v) is 3.27. The number of hydrogen-bond donors (Lipinski definition) is 1. The Balaban J connectivity index is 1.92. The number of hydrogen-bond acceptors (Lipinski definition) is 4. The van der Waals surface area contributed by atoms with Crippen molar-refractivity contribution in [2.75, 3.05) is 5.32 Å². The van der Waals surface area contributed by atoms with Gasteiger partial charge in [0.15, 0.2) is 0 Å². The molecule has 0 amide bonds. The Morgan fingerprint density at radius 1 is 1.09 bits per heavy atom. The van der Waals surface area contributed by atoms with Crippen molar-refractivity contribution in [3.8, 4) is 23.2 Å². The van der Waals surface area contributed by atoms with E-state index in [4.69, 9.17) is 0 Å². The monoisotopic (exact) mass is 302 g/mol. The van der Waals surface area contributed by atoms with Gasteiger partial charge in [-0.3, -0.25) is 19.7 Å². The van der Waals surface area contributed by atoms with Crippen molar-refractivity contribution < 1.29 is 0 Å². The second kappa shape index (κ2) is 6.58. The lowest BCUT2D eigenvalue weighted by Gasteiger charge is -2.07. The SMILES string of the molecule is Cn1c(NC#Cc2ccccc2)nc(-c2ccncc2)cc1=O. The van der Waals surface area contributed by atoms with Crippen LogP contribution >= 0.6 is 0 Å². The van der Waals surface area contributed by atoms with Crippen molar-refractivity contribution in [3.05, 3.63) is 76.8 Å². The van der Waals surface area contributed by atoms with E-state index in [1.807, 2.05) is 30.3 Å². The molecule has 0 aliphatic rings. The summed E-state index contributed by atoms with van der Waals surface area (Å²) in [5.74, 6) is 3.37. The smallest absolute Gasteiger partial charge is 0.255 e. The van der Waals surface area contributed by atoms with Crippen LogP contribution in [0.5, 0.6) is 0 Å². The van der Waals surface area contributed by atoms with Gasteiger partial charge < -0.3 is 0 Å². The average molecular weight is 302 g/mol. The highest BCUT2D eigenvalue weighted by Gasteiger charge is 2.06. The van der Waals surface area contributed by atoms with Gasteiger partial charge in [-0.2, -0.15) is 0 Å². The van der Waals surface area contributed by atoms with Gasteiger partial charge in [-0.05, 0) is 30.2 Å². The second-order valence-electron chi connectivity index (χ2n) is 4.84. The highest BCUT2D eigenvalue weighted by molar-refractivity contribution is 5.59. The number of nitrogens with zero attached hydrogens (tertiary/aromatic N) is 3. The van der Waals surface area contributed by atoms with Crippen molar-refractivity contribution in [3.63, 3.8) is 0 Å². The summed E-state index contributed by atoms with van der Waals surface area (Å²) < 4.78 is 1.42. The van der Waals surface area contributed by atoms with E-state index in [2.05, 4.69) is 27.2 Å². The van der Waals surface area contributed by atoms with E-state index in [0.717, 1.165) is 11.1 Å². The number of benzene rings is 1. The lowest BCUT2D eigenvalue weighted by molar-refractivity contribution is 0.841. The third kappa shape index (κ3) is 3.44. The molecule has 2 aromatic heterocycles. The molecule has 0 aliphatic carbocycles. The molecule has 0 fully saturated rings. The first-order chi connectivity index (χ1) is 11.2. The first-order valence-electron chi connectivity index (χ1n) is 7.04. The average Bonchev–Trinajstić information content (AvgIpc) is 2.60. The van der Waals surface area contributed by atoms with Crippen molar-refractivity contribution in [1.29, 1.82) is 0 Å². The topological polar surface area (TPSA) is 59.8 Å². The lowest BCUT2D eigenvalue weighted by Crippen LogP contribution is -2.20. The number of aromatic nitrogens is 3. The first kappa shape index (κ1) is 14.5. The molecule has 0 unspecified atom stereocenters. The quantitative estimate of drug-likeness (QED) is 0.583. The van der Waals surface area contributed by atoms with Crippen LogP contribution in [-0.4, -0.2) is 14.5 Å². The second-order valence-corrected chi connectivity index (χ2v) is 4.84. The van der Waals surface area contributed by atoms with E-state index >= 15 is 0 Å². The van der Waals surface area contributed by atoms with Gasteiger partial charge in [0.25, 0.3) is 5.56 Å². The molecule has 5 heteroatoms. The summed E-state index contributed by atoms with van der Waals surface area (Å²) >= 11 is 0. The summed E-state index contributed by atoms with van der Waals surface area (Å²) in [4.78, 5) is 20.5. The summed E-state index contributed by atoms with van der Waals surface area (Å²) in [5, 5.41) is 2.89. The summed E-state index contributed by atoms with van der Waals surface area (Å²) in [6, 6.07) is 17.5. The first-order valence-corrected chi connectivity index (χ1v) is 7.04. The molecule has 0 saturated heterocycles. The van der Waals surface area contributed by atoms with Crippen LogP contribution in [-0.2, 0) is 7.05 Å². The van der Waals surface area contributed by atoms with Crippen LogP contribution in [0.1, 0.15) is 5.56 Å². The molecule has 0 spiro atoms. The van der Waals surface area contributed by atoms with E-state index in [1.54, 1.807) is 31.6 Å². The highest BCUT2D eigenvalue weighted by atomic mass is 16.1. The number of nitrogens with one attached hydrogen (secondary N) is 1. The highest BCUT2D eigenvalue weighted by Crippen LogP contribution is 2.15. The predicted octanol–water partition coefficient (Wildman–Crippen LogP) is 2.26. The summed E-state index contributed by atoms with van der Waals surface area (Å²) in [6.07, 6.45) is 3.33. The molecule has 0 radical (unpaired) electrons. The fourth-order valence-corrected chi connectivity index (χ4v) is 2.00. The molecule has 0 atom stereocenters. The van der Waals surface area contributed by atoms with Crippen molar-refractivity contribution in [1.82, 2.24) is 14.5 Å². The molecule has 3 rings (SSSR count). The molecular weight excluding hydrogens is 288 g/mol. The molecule has 1 aromatic carbocycles. The van der Waals surface area contributed by atoms with Crippen LogP contribution in [0.2, 0.25) is 0 Å². The molecule has 1 N–H and O–H groups in total. The fraction of sp³-hybridized carbons (Fsp3) is 0.0556. The predicted molar refractivity (Wildman–Crippen MR) is 89.7 cm³/mol. The summed E-state index contributed by atoms with van der Waals surface area (Å²) in [6.45, 7) is 0. The van der Waals surface area contributed by atoms with Crippen molar-refractivity contribution >= 4 is 5.95 Å². The minimum Gasteiger partial charge on any atom is -0.284 e. The van der Waals surface area contributed by atoms with Gasteiger partial charge >= 0.3 is 0 Å². The summed E-state index contributed by atoms with van der Waals surface area (Å²) in [7, 11) is 1.65. The Morgan fingerprint density at radius 3 is 2.57 bits per heavy atom. The zero-order chi connectivity index (χ0) is 16.1. The zero-order valence-corrected chi connectivity index (χ0v) is 12.5. The van der Waals surface area contributed by atoms with Crippen LogP contribution in [0, 0.1) is 12.0 Å². The Morgan fingerprint density at radius 2 is 1.83 bits per heavy atom. The normalized spacial score (nSPS) is 9.78. The Bertz CT molecular complexity index is 922. The summed E-state index contributed by atoms with van der Waals surface area (Å²) in [5.41, 5.74) is 2.14. The van der Waals surface area contributed by atoms with Crippen LogP contribution in [0.4, 0.5) is 5.95 Å². The minimum absolute atomic E-state index is 0.157. The van der Waals surface area contributed by atoms with Gasteiger partial charge in [0.1, 0.15) is 0 Å². The molecule has 112 valence electrons. The third-order valence-electron chi connectivity index (χ3n) is 3.27. The number of pyridine rings is 1. The lowest BCUT2D eigenvalue weighted by atomic mass is 10.2. The van der Waals surface area contributed by atoms with Crippen molar-refractivity contribution in [2.24, 2.45) is 7.05 Å². The molecule has 0 saturated carbocycles. The van der Waals surface area contributed by atoms with E-state index in [1.165, 1.54) is 10.6 Å². The molecule has 0 bridgehead atoms. The van der Waals surface area contributed by atoms with Gasteiger partial charge in [-0.25, -0.2) is 4.98 Å². The van der Waals surface area contributed by atoms with Crippen LogP contribution in [0.3, 0.4) is 0 Å². The minimum atomic E-state index is -0.157. The van der Waals surface area contributed by atoms with Gasteiger partial charge in [-0.1, -0.05) is 18.2 Å². The Kier molecular flexibility index (Phi) is 4.16. The van der Waals surface area contributed by atoms with Gasteiger partial charge in [0.05, 0.1) is 5.69 Å². The molecule has 0 aliphatic heterocycles. The van der Waals surface area contributed by atoms with E-state index in [9.17, 15) is 4.79 Å². The molecule has 3 aromatic rings. The Hall–Kier alpha value is -3.39. The van der Waals surface area contributed by atoms with Gasteiger partial charge in [0, 0.05) is 42.7 Å². The standard InChI is InChI=1S/C18H14N4O/c1-22-17(23)13-16(15-8-10-19-11-9-15)21-18(22)20-12-7-14-5-3-2-4-6-14/h2-6,8-11,13H,1H3,(H,20,21). The number of anilines is 1. The maximum absolute atomic E-state index is 12.1. The van der Waals surface area contributed by atoms with Crippen LogP contribution in [0.15, 0.2) is 65.7 Å². The van der Waals surface area contributed by atoms with Crippen molar-refractivity contribution in [2.45, 2.75) is 0 Å². The van der Waals surface area contributed by atoms with Crippen LogP contribution in [0.25, 0.3) is 11.3 Å². The molecule has 5 nitrogen and oxygen atoms in total. The van der Waals surface area contributed by atoms with E-state index in [0.29, 0.717) is 11.6 Å². The zero-order valence-electron chi connectivity index (χ0n) is 12.5. The molecule has 23 heavy (non-hydrogen) atoms. The number of rotatable bonds is 2. The molecule has 2 heterocycles. The maximum Gasteiger partial charge on any atom is 0.255 e. The largest absolute Gasteiger partial charge is 0.284 e. The van der Waals surface area contributed by atoms with Crippen LogP contribution < -0.4 is 10.9 Å². The van der Waals surface area contributed by atoms with Gasteiger partial charge in [-0.15, -0.1) is 0 Å². The Labute approximate surface area is 133 Å². The van der Waals surface area contributed by atoms with Gasteiger partial charge in [0.2, 0.25) is 5.95 Å². The maximum atomic E-state index is 12.1. The van der Waals surface area contributed by atoms with E-state index < -0.39 is 0 Å². The van der Waals surface area contributed by atoms with E-state index in [-0.39, 0.29) is 5.56 Å².